The summed E-state index contributed by atoms with van der Waals surface area (Å²) in [6, 6.07) is 3.05. The molecule has 2 heterocycles. The zero-order valence-corrected chi connectivity index (χ0v) is 15.4. The van der Waals surface area contributed by atoms with Crippen molar-refractivity contribution in [3.63, 3.8) is 0 Å². The first-order valence-electron chi connectivity index (χ1n) is 7.84. The monoisotopic (exact) mass is 353 g/mol. The zero-order valence-electron chi connectivity index (χ0n) is 14.6. The van der Waals surface area contributed by atoms with Crippen LogP contribution in [0.3, 0.4) is 0 Å². The third kappa shape index (κ3) is 3.16. The van der Waals surface area contributed by atoms with Crippen molar-refractivity contribution in [1.29, 1.82) is 0 Å². The van der Waals surface area contributed by atoms with Crippen molar-refractivity contribution in [3.05, 3.63) is 35.2 Å². The van der Waals surface area contributed by atoms with Gasteiger partial charge in [0.15, 0.2) is 0 Å². The van der Waals surface area contributed by atoms with Crippen LogP contribution < -0.4 is 0 Å². The molecule has 7 nitrogen and oxygen atoms in total. The van der Waals surface area contributed by atoms with Crippen LogP contribution in [0.15, 0.2) is 18.3 Å². The Labute approximate surface area is 142 Å². The fourth-order valence-corrected chi connectivity index (χ4v) is 4.26. The Bertz CT molecular complexity index is 858. The van der Waals surface area contributed by atoms with Gasteiger partial charge in [0.2, 0.25) is 10.0 Å². The van der Waals surface area contributed by atoms with Gasteiger partial charge in [-0.1, -0.05) is 6.92 Å². The number of carbonyl (C=O) groups is 1. The molecule has 2 aromatic rings. The Morgan fingerprint density at radius 2 is 2.08 bits per heavy atom. The zero-order chi connectivity index (χ0) is 18.1. The fraction of sp³-hybridized carbons (Fsp3) is 0.500. The highest BCUT2D eigenvalue weighted by atomic mass is 32.2. The maximum Gasteiger partial charge on any atom is 0.340 e. The highest BCUT2D eigenvalue weighted by Crippen LogP contribution is 2.31. The summed E-state index contributed by atoms with van der Waals surface area (Å²) in [6.07, 6.45) is 2.78. The molecule has 0 aliphatic carbocycles. The number of carbonyl (C=O) groups excluding carboxylic acids is 1. The Morgan fingerprint density at radius 1 is 1.42 bits per heavy atom. The molecule has 0 radical (unpaired) electrons. The molecule has 0 N–H and O–H groups in total. The number of hydrogen-bond acceptors (Lipinski definition) is 5. The predicted octanol–water partition coefficient (Wildman–Crippen LogP) is 2.16. The largest absolute Gasteiger partial charge is 0.462 e. The highest BCUT2D eigenvalue weighted by molar-refractivity contribution is 7.88. The van der Waals surface area contributed by atoms with Crippen LogP contribution in [-0.2, 0) is 14.8 Å². The van der Waals surface area contributed by atoms with Gasteiger partial charge < -0.3 is 4.74 Å². The molecule has 132 valence electrons. The van der Waals surface area contributed by atoms with Gasteiger partial charge in [-0.2, -0.15) is 9.40 Å². The average Bonchev–Trinajstić information content (AvgIpc) is 2.78. The quantitative estimate of drug-likeness (QED) is 0.744. The van der Waals surface area contributed by atoms with Crippen LogP contribution in [0.25, 0.3) is 5.52 Å². The second-order valence-corrected chi connectivity index (χ2v) is 7.50. The van der Waals surface area contributed by atoms with Gasteiger partial charge in [0.1, 0.15) is 0 Å². The van der Waals surface area contributed by atoms with Crippen molar-refractivity contribution in [2.45, 2.75) is 33.7 Å². The number of rotatable bonds is 6. The highest BCUT2D eigenvalue weighted by Gasteiger charge is 2.30. The first-order valence-corrected chi connectivity index (χ1v) is 9.68. The smallest absolute Gasteiger partial charge is 0.340 e. The van der Waals surface area contributed by atoms with Crippen molar-refractivity contribution in [2.24, 2.45) is 0 Å². The Balaban J connectivity index is 2.71. The van der Waals surface area contributed by atoms with Crippen LogP contribution >= 0.6 is 0 Å². The van der Waals surface area contributed by atoms with Crippen LogP contribution in [0.4, 0.5) is 0 Å². The molecule has 8 heteroatoms. The van der Waals surface area contributed by atoms with Crippen LogP contribution in [0.5, 0.6) is 0 Å². The molecule has 24 heavy (non-hydrogen) atoms. The van der Waals surface area contributed by atoms with E-state index in [0.717, 1.165) is 0 Å². The van der Waals surface area contributed by atoms with Gasteiger partial charge in [-0.25, -0.2) is 17.7 Å². The SMILES string of the molecule is CCOC(=O)c1c(C)c(C(C)N(CC)S(C)(=O)=O)n2ncccc12. The Kier molecular flexibility index (Phi) is 5.29. The number of aromatic nitrogens is 2. The van der Waals surface area contributed by atoms with E-state index >= 15 is 0 Å². The van der Waals surface area contributed by atoms with E-state index in [4.69, 9.17) is 4.74 Å². The lowest BCUT2D eigenvalue weighted by Crippen LogP contribution is -2.33. The van der Waals surface area contributed by atoms with Gasteiger partial charge in [0, 0.05) is 12.7 Å². The van der Waals surface area contributed by atoms with Crippen LogP contribution in [-0.4, -0.2) is 47.7 Å². The number of esters is 1. The molecule has 1 unspecified atom stereocenters. The lowest BCUT2D eigenvalue weighted by molar-refractivity contribution is 0.0528. The number of fused-ring (bicyclic) bond motifs is 1. The second-order valence-electron chi connectivity index (χ2n) is 5.57. The predicted molar refractivity (Wildman–Crippen MR) is 91.5 cm³/mol. The van der Waals surface area contributed by atoms with E-state index in [-0.39, 0.29) is 6.61 Å². The number of sulfonamides is 1. The lowest BCUT2D eigenvalue weighted by Gasteiger charge is -2.25. The molecule has 0 aromatic carbocycles. The molecule has 0 saturated heterocycles. The van der Waals surface area contributed by atoms with Crippen LogP contribution in [0.2, 0.25) is 0 Å². The molecular formula is C16H23N3O4S. The van der Waals surface area contributed by atoms with E-state index in [1.54, 1.807) is 50.5 Å². The number of ether oxygens (including phenoxy) is 1. The molecule has 0 fully saturated rings. The summed E-state index contributed by atoms with van der Waals surface area (Å²) in [7, 11) is -3.39. The fourth-order valence-electron chi connectivity index (χ4n) is 3.12. The summed E-state index contributed by atoms with van der Waals surface area (Å²) >= 11 is 0. The van der Waals surface area contributed by atoms with Crippen molar-refractivity contribution >= 4 is 21.5 Å². The molecule has 0 aliphatic rings. The van der Waals surface area contributed by atoms with Gasteiger partial charge in [0.25, 0.3) is 0 Å². The molecule has 2 rings (SSSR count). The van der Waals surface area contributed by atoms with Crippen molar-refractivity contribution < 1.29 is 17.9 Å². The maximum absolute atomic E-state index is 12.4. The van der Waals surface area contributed by atoms with Crippen molar-refractivity contribution in [2.75, 3.05) is 19.4 Å². The first-order chi connectivity index (χ1) is 11.2. The molecule has 0 saturated carbocycles. The third-order valence-electron chi connectivity index (χ3n) is 4.04. The van der Waals surface area contributed by atoms with E-state index in [2.05, 4.69) is 5.10 Å². The Hall–Kier alpha value is -1.93. The molecular weight excluding hydrogens is 330 g/mol. The molecule has 1 atom stereocenters. The minimum atomic E-state index is -3.39. The summed E-state index contributed by atoms with van der Waals surface area (Å²) in [6.45, 7) is 7.71. The molecule has 0 aliphatic heterocycles. The summed E-state index contributed by atoms with van der Waals surface area (Å²) in [5.74, 6) is -0.429. The standard InChI is InChI=1S/C16H23N3O4S/c1-6-18(24(5,21)22)12(4)15-11(3)14(16(20)23-7-2)13-9-8-10-17-19(13)15/h8-10,12H,6-7H2,1-5H3. The van der Waals surface area contributed by atoms with Gasteiger partial charge in [-0.3, -0.25) is 0 Å². The van der Waals surface area contributed by atoms with E-state index < -0.39 is 22.0 Å². The minimum absolute atomic E-state index is 0.269. The van der Waals surface area contributed by atoms with Gasteiger partial charge in [-0.05, 0) is 38.5 Å². The van der Waals surface area contributed by atoms with E-state index in [9.17, 15) is 13.2 Å². The Morgan fingerprint density at radius 3 is 2.62 bits per heavy atom. The third-order valence-corrected chi connectivity index (χ3v) is 5.47. The van der Waals surface area contributed by atoms with Gasteiger partial charge in [-0.15, -0.1) is 0 Å². The number of hydrogen-bond donors (Lipinski definition) is 0. The molecule has 0 spiro atoms. The normalized spacial score (nSPS) is 13.4. The average molecular weight is 353 g/mol. The molecule has 0 amide bonds. The summed E-state index contributed by atoms with van der Waals surface area (Å²) in [4.78, 5) is 12.4. The lowest BCUT2D eigenvalue weighted by atomic mass is 10.1. The van der Waals surface area contributed by atoms with E-state index in [0.29, 0.717) is 28.9 Å². The molecule has 2 aromatic heterocycles. The van der Waals surface area contributed by atoms with Crippen LogP contribution in [0, 0.1) is 6.92 Å². The summed E-state index contributed by atoms with van der Waals surface area (Å²) in [5.41, 5.74) is 2.39. The van der Waals surface area contributed by atoms with E-state index in [1.165, 1.54) is 10.6 Å². The maximum atomic E-state index is 12.4. The summed E-state index contributed by atoms with van der Waals surface area (Å²) < 4.78 is 32.3. The van der Waals surface area contributed by atoms with Gasteiger partial charge in [0.05, 0.1) is 35.7 Å². The first kappa shape index (κ1) is 18.4. The van der Waals surface area contributed by atoms with Crippen molar-refractivity contribution in [1.82, 2.24) is 13.9 Å². The van der Waals surface area contributed by atoms with Crippen LogP contribution in [0.1, 0.15) is 48.4 Å². The molecule has 0 bridgehead atoms. The van der Waals surface area contributed by atoms with E-state index in [1.807, 2.05) is 0 Å². The summed E-state index contributed by atoms with van der Waals surface area (Å²) in [5, 5.41) is 4.31. The topological polar surface area (TPSA) is 81.0 Å². The van der Waals surface area contributed by atoms with Crippen molar-refractivity contribution in [3.8, 4) is 0 Å². The second kappa shape index (κ2) is 6.90. The minimum Gasteiger partial charge on any atom is -0.462 e. The number of nitrogens with zero attached hydrogens (tertiary/aromatic N) is 3. The van der Waals surface area contributed by atoms with Gasteiger partial charge >= 0.3 is 5.97 Å².